The van der Waals surface area contributed by atoms with Crippen LogP contribution in [0.15, 0.2) is 53.7 Å². The third kappa shape index (κ3) is 4.23. The normalized spacial score (nSPS) is 14.5. The van der Waals surface area contributed by atoms with E-state index in [2.05, 4.69) is 27.4 Å². The summed E-state index contributed by atoms with van der Waals surface area (Å²) in [6, 6.07) is 14.9. The molecule has 0 spiro atoms. The van der Waals surface area contributed by atoms with Crippen molar-refractivity contribution < 1.29 is 14.3 Å². The van der Waals surface area contributed by atoms with Gasteiger partial charge in [0.05, 0.1) is 12.7 Å². The van der Waals surface area contributed by atoms with Crippen LogP contribution in [0.2, 0.25) is 0 Å². The van der Waals surface area contributed by atoms with E-state index in [0.29, 0.717) is 22.3 Å². The quantitative estimate of drug-likeness (QED) is 0.347. The lowest BCUT2D eigenvalue weighted by Crippen LogP contribution is -2.17. The first-order chi connectivity index (χ1) is 14.7. The number of unbranched alkanes of at least 4 members (excludes halogenated alkanes) is 1. The predicted octanol–water partition coefficient (Wildman–Crippen LogP) is 4.72. The number of rotatable bonds is 6. The van der Waals surface area contributed by atoms with Crippen molar-refractivity contribution in [3.63, 3.8) is 0 Å². The second kappa shape index (κ2) is 9.13. The van der Waals surface area contributed by atoms with Crippen molar-refractivity contribution in [3.05, 3.63) is 59.7 Å². The van der Waals surface area contributed by atoms with Crippen molar-refractivity contribution in [1.29, 1.82) is 0 Å². The minimum absolute atomic E-state index is 0.377. The molecule has 1 N–H and O–H groups in total. The van der Waals surface area contributed by atoms with Crippen LogP contribution in [0, 0.1) is 0 Å². The molecular formula is C22H22N4O3S. The zero-order valence-electron chi connectivity index (χ0n) is 16.8. The Balaban J connectivity index is 1.69. The molecular weight excluding hydrogens is 400 g/mol. The van der Waals surface area contributed by atoms with Gasteiger partial charge in [0, 0.05) is 22.6 Å². The fraction of sp³-hybridized carbons (Fsp3) is 0.273. The molecule has 30 heavy (non-hydrogen) atoms. The standard InChI is InChI=1S/C22H22N4O3S/c1-3-4-13-30-22-24-20-18(25-26-22)16-7-5-6-8-17(16)23-19(29-20)14-9-11-15(12-10-14)21(27)28-2/h5-12,19,23H,3-4,13H2,1-2H3. The summed E-state index contributed by atoms with van der Waals surface area (Å²) in [6.45, 7) is 2.15. The highest BCUT2D eigenvalue weighted by molar-refractivity contribution is 7.99. The van der Waals surface area contributed by atoms with E-state index in [1.807, 2.05) is 36.4 Å². The molecule has 1 atom stereocenters. The number of thioether (sulfide) groups is 1. The Bertz CT molecular complexity index is 1040. The van der Waals surface area contributed by atoms with Crippen molar-refractivity contribution in [2.45, 2.75) is 31.1 Å². The van der Waals surface area contributed by atoms with Crippen LogP contribution in [0.3, 0.4) is 0 Å². The lowest BCUT2D eigenvalue weighted by molar-refractivity contribution is 0.0600. The molecule has 0 bridgehead atoms. The van der Waals surface area contributed by atoms with Gasteiger partial charge >= 0.3 is 5.97 Å². The van der Waals surface area contributed by atoms with Crippen molar-refractivity contribution in [2.75, 3.05) is 18.2 Å². The molecule has 2 heterocycles. The van der Waals surface area contributed by atoms with Crippen LogP contribution < -0.4 is 10.1 Å². The first kappa shape index (κ1) is 20.2. The number of esters is 1. The largest absolute Gasteiger partial charge is 0.465 e. The van der Waals surface area contributed by atoms with E-state index in [1.54, 1.807) is 23.9 Å². The van der Waals surface area contributed by atoms with E-state index in [9.17, 15) is 4.79 Å². The number of carbonyl (C=O) groups excluding carboxylic acids is 1. The summed E-state index contributed by atoms with van der Waals surface area (Å²) < 4.78 is 11.0. The summed E-state index contributed by atoms with van der Waals surface area (Å²) >= 11 is 1.57. The van der Waals surface area contributed by atoms with Gasteiger partial charge in [-0.05, 0) is 24.6 Å². The van der Waals surface area contributed by atoms with Gasteiger partial charge in [-0.3, -0.25) is 0 Å². The summed E-state index contributed by atoms with van der Waals surface area (Å²) in [6.07, 6.45) is 1.71. The Hall–Kier alpha value is -3.13. The van der Waals surface area contributed by atoms with Crippen LogP contribution in [-0.4, -0.2) is 34.0 Å². The van der Waals surface area contributed by atoms with Gasteiger partial charge in [-0.15, -0.1) is 10.2 Å². The first-order valence-electron chi connectivity index (χ1n) is 9.78. The molecule has 2 aromatic carbocycles. The first-order valence-corrected chi connectivity index (χ1v) is 10.8. The maximum absolute atomic E-state index is 11.7. The van der Waals surface area contributed by atoms with Crippen molar-refractivity contribution in [3.8, 4) is 17.1 Å². The summed E-state index contributed by atoms with van der Waals surface area (Å²) in [5.41, 5.74) is 3.69. The zero-order chi connectivity index (χ0) is 20.9. The third-order valence-corrected chi connectivity index (χ3v) is 5.62. The number of carbonyl (C=O) groups is 1. The monoisotopic (exact) mass is 422 g/mol. The molecule has 0 saturated carbocycles. The highest BCUT2D eigenvalue weighted by atomic mass is 32.2. The number of methoxy groups -OCH3 is 1. The minimum atomic E-state index is -0.496. The average molecular weight is 423 g/mol. The van der Waals surface area contributed by atoms with Gasteiger partial charge in [-0.2, -0.15) is 4.98 Å². The van der Waals surface area contributed by atoms with E-state index in [-0.39, 0.29) is 5.97 Å². The molecule has 1 aliphatic heterocycles. The maximum Gasteiger partial charge on any atom is 0.337 e. The van der Waals surface area contributed by atoms with Crippen LogP contribution in [0.4, 0.5) is 5.69 Å². The summed E-state index contributed by atoms with van der Waals surface area (Å²) in [4.78, 5) is 16.4. The van der Waals surface area contributed by atoms with Crippen LogP contribution in [0.5, 0.6) is 5.88 Å². The van der Waals surface area contributed by atoms with Crippen molar-refractivity contribution >= 4 is 23.4 Å². The molecule has 0 saturated heterocycles. The molecule has 154 valence electrons. The molecule has 8 heteroatoms. The number of benzene rings is 2. The average Bonchev–Trinajstić information content (AvgIpc) is 2.95. The number of anilines is 1. The van der Waals surface area contributed by atoms with E-state index in [0.717, 1.165) is 35.4 Å². The van der Waals surface area contributed by atoms with E-state index < -0.39 is 6.23 Å². The fourth-order valence-corrected chi connectivity index (χ4v) is 3.94. The predicted molar refractivity (Wildman–Crippen MR) is 116 cm³/mol. The Kier molecular flexibility index (Phi) is 6.13. The minimum Gasteiger partial charge on any atom is -0.465 e. The molecule has 4 rings (SSSR count). The van der Waals surface area contributed by atoms with Gasteiger partial charge in [-0.25, -0.2) is 4.79 Å². The number of nitrogens with one attached hydrogen (secondary N) is 1. The second-order valence-electron chi connectivity index (χ2n) is 6.75. The van der Waals surface area contributed by atoms with Gasteiger partial charge in [0.15, 0.2) is 11.9 Å². The summed E-state index contributed by atoms with van der Waals surface area (Å²) in [5, 5.41) is 12.7. The van der Waals surface area contributed by atoms with E-state index in [1.165, 1.54) is 7.11 Å². The number of ether oxygens (including phenoxy) is 2. The number of hydrogen-bond acceptors (Lipinski definition) is 8. The van der Waals surface area contributed by atoms with Gasteiger partial charge < -0.3 is 14.8 Å². The van der Waals surface area contributed by atoms with Crippen molar-refractivity contribution in [2.24, 2.45) is 0 Å². The number of hydrogen-bond donors (Lipinski definition) is 1. The maximum atomic E-state index is 11.7. The summed E-state index contributed by atoms with van der Waals surface area (Å²) in [7, 11) is 1.36. The highest BCUT2D eigenvalue weighted by Gasteiger charge is 2.26. The molecule has 0 radical (unpaired) electrons. The SMILES string of the molecule is CCCCSc1nnc2c(n1)OC(c1ccc(C(=O)OC)cc1)Nc1ccccc1-2. The molecule has 0 amide bonds. The molecule has 3 aromatic rings. The van der Waals surface area contributed by atoms with Crippen LogP contribution in [-0.2, 0) is 4.74 Å². The molecule has 0 fully saturated rings. The molecule has 0 aliphatic carbocycles. The van der Waals surface area contributed by atoms with E-state index in [4.69, 9.17) is 9.47 Å². The van der Waals surface area contributed by atoms with E-state index >= 15 is 0 Å². The Morgan fingerprint density at radius 1 is 1.17 bits per heavy atom. The van der Waals surface area contributed by atoms with Gasteiger partial charge in [0.2, 0.25) is 11.0 Å². The molecule has 7 nitrogen and oxygen atoms in total. The number of nitrogens with zero attached hydrogens (tertiary/aromatic N) is 3. The highest BCUT2D eigenvalue weighted by Crippen LogP contribution is 2.39. The fourth-order valence-electron chi connectivity index (χ4n) is 3.08. The lowest BCUT2D eigenvalue weighted by Gasteiger charge is -2.19. The van der Waals surface area contributed by atoms with Gasteiger partial charge in [0.1, 0.15) is 0 Å². The number of para-hydroxylation sites is 1. The zero-order valence-corrected chi connectivity index (χ0v) is 17.6. The Morgan fingerprint density at radius 3 is 2.73 bits per heavy atom. The number of aromatic nitrogens is 3. The van der Waals surface area contributed by atoms with Gasteiger partial charge in [-0.1, -0.05) is 55.4 Å². The third-order valence-electron chi connectivity index (χ3n) is 4.70. The second-order valence-corrected chi connectivity index (χ2v) is 7.81. The van der Waals surface area contributed by atoms with Crippen molar-refractivity contribution in [1.82, 2.24) is 15.2 Å². The Labute approximate surface area is 179 Å². The lowest BCUT2D eigenvalue weighted by atomic mass is 10.1. The van der Waals surface area contributed by atoms with Crippen LogP contribution in [0.25, 0.3) is 11.3 Å². The van der Waals surface area contributed by atoms with Crippen LogP contribution >= 0.6 is 11.8 Å². The molecule has 1 aliphatic rings. The number of fused-ring (bicyclic) bond motifs is 3. The topological polar surface area (TPSA) is 86.2 Å². The molecule has 1 aromatic heterocycles. The van der Waals surface area contributed by atoms with Crippen LogP contribution in [0.1, 0.15) is 41.9 Å². The summed E-state index contributed by atoms with van der Waals surface area (Å²) in [5.74, 6) is 0.991. The molecule has 1 unspecified atom stereocenters. The van der Waals surface area contributed by atoms with Gasteiger partial charge in [0.25, 0.3) is 0 Å². The Morgan fingerprint density at radius 2 is 1.97 bits per heavy atom. The smallest absolute Gasteiger partial charge is 0.337 e.